The molecule has 0 aliphatic heterocycles. The highest BCUT2D eigenvalue weighted by Gasteiger charge is 2.07. The first-order chi connectivity index (χ1) is 9.79. The first-order valence-electron chi connectivity index (χ1n) is 7.12. The lowest BCUT2D eigenvalue weighted by molar-refractivity contribution is 0.405. The van der Waals surface area contributed by atoms with E-state index in [1.54, 1.807) is 7.11 Å². The van der Waals surface area contributed by atoms with Gasteiger partial charge in [-0.3, -0.25) is 4.68 Å². The summed E-state index contributed by atoms with van der Waals surface area (Å²) in [5.74, 6) is 0.970. The predicted molar refractivity (Wildman–Crippen MR) is 81.0 cm³/mol. The lowest BCUT2D eigenvalue weighted by Gasteiger charge is -2.15. The van der Waals surface area contributed by atoms with Crippen LogP contribution in [0, 0.1) is 0 Å². The largest absolute Gasteiger partial charge is 0.496 e. The van der Waals surface area contributed by atoms with Crippen molar-refractivity contribution in [1.29, 1.82) is 0 Å². The zero-order valence-electron chi connectivity index (χ0n) is 12.2. The Morgan fingerprint density at radius 3 is 2.90 bits per heavy atom. The van der Waals surface area contributed by atoms with E-state index in [0.717, 1.165) is 31.7 Å². The molecule has 1 aromatic heterocycles. The van der Waals surface area contributed by atoms with E-state index >= 15 is 0 Å². The fraction of sp³-hybridized carbons (Fsp3) is 0.438. The van der Waals surface area contributed by atoms with Gasteiger partial charge in [0.2, 0.25) is 0 Å². The molecule has 0 saturated heterocycles. The Balaban J connectivity index is 1.71. The Morgan fingerprint density at radius 2 is 2.15 bits per heavy atom. The maximum atomic E-state index is 5.38. The van der Waals surface area contributed by atoms with Crippen molar-refractivity contribution in [3.63, 3.8) is 0 Å². The number of aryl methyl sites for hydroxylation is 1. The molecule has 1 atom stereocenters. The first kappa shape index (κ1) is 14.6. The van der Waals surface area contributed by atoms with Gasteiger partial charge >= 0.3 is 0 Å². The van der Waals surface area contributed by atoms with Crippen LogP contribution in [0.4, 0.5) is 0 Å². The second-order valence-corrected chi connectivity index (χ2v) is 4.99. The summed E-state index contributed by atoms with van der Waals surface area (Å²) < 4.78 is 7.35. The summed E-state index contributed by atoms with van der Waals surface area (Å²) in [7, 11) is 1.72. The van der Waals surface area contributed by atoms with E-state index < -0.39 is 0 Å². The van der Waals surface area contributed by atoms with Gasteiger partial charge < -0.3 is 10.1 Å². The summed E-state index contributed by atoms with van der Waals surface area (Å²) in [6.45, 7) is 4.16. The van der Waals surface area contributed by atoms with Crippen molar-refractivity contribution in [3.05, 3.63) is 48.3 Å². The Kier molecular flexibility index (Phi) is 5.62. The van der Waals surface area contributed by atoms with Gasteiger partial charge in [0.05, 0.1) is 7.11 Å². The van der Waals surface area contributed by atoms with E-state index in [1.165, 1.54) is 5.56 Å². The van der Waals surface area contributed by atoms with Crippen molar-refractivity contribution < 1.29 is 4.74 Å². The Morgan fingerprint density at radius 1 is 1.30 bits per heavy atom. The topological polar surface area (TPSA) is 39.1 Å². The fourth-order valence-corrected chi connectivity index (χ4v) is 2.30. The molecule has 1 aromatic carbocycles. The van der Waals surface area contributed by atoms with Crippen LogP contribution in [0.15, 0.2) is 42.7 Å². The number of nitrogens with zero attached hydrogens (tertiary/aromatic N) is 2. The summed E-state index contributed by atoms with van der Waals surface area (Å²) >= 11 is 0. The first-order valence-corrected chi connectivity index (χ1v) is 7.12. The number of hydrogen-bond acceptors (Lipinski definition) is 3. The van der Waals surface area contributed by atoms with Gasteiger partial charge in [0, 0.05) is 25.0 Å². The number of rotatable bonds is 8. The second-order valence-electron chi connectivity index (χ2n) is 4.99. The number of nitrogens with one attached hydrogen (secondary N) is 1. The summed E-state index contributed by atoms with van der Waals surface area (Å²) in [6, 6.07) is 10.6. The average molecular weight is 273 g/mol. The van der Waals surface area contributed by atoms with Gasteiger partial charge in [-0.05, 0) is 44.0 Å². The number of aromatic nitrogens is 2. The number of methoxy groups -OCH3 is 1. The average Bonchev–Trinajstić information content (AvgIpc) is 2.97. The highest BCUT2D eigenvalue weighted by molar-refractivity contribution is 5.33. The number of ether oxygens (including phenoxy) is 1. The predicted octanol–water partition coefficient (Wildman–Crippen LogP) is 2.50. The van der Waals surface area contributed by atoms with Crippen molar-refractivity contribution >= 4 is 0 Å². The molecule has 0 spiro atoms. The van der Waals surface area contributed by atoms with E-state index in [4.69, 9.17) is 4.74 Å². The fourth-order valence-electron chi connectivity index (χ4n) is 2.30. The van der Waals surface area contributed by atoms with Gasteiger partial charge in [-0.15, -0.1) is 0 Å². The van der Waals surface area contributed by atoms with Crippen molar-refractivity contribution in [2.45, 2.75) is 32.4 Å². The summed E-state index contributed by atoms with van der Waals surface area (Å²) in [6.07, 6.45) is 5.87. The zero-order chi connectivity index (χ0) is 14.2. The van der Waals surface area contributed by atoms with E-state index in [2.05, 4.69) is 29.5 Å². The SMILES string of the molecule is COc1ccccc1CC(C)NCCCn1cccn1. The molecule has 0 aliphatic rings. The van der Waals surface area contributed by atoms with Crippen LogP contribution in [-0.2, 0) is 13.0 Å². The minimum atomic E-state index is 0.434. The molecule has 0 fully saturated rings. The summed E-state index contributed by atoms with van der Waals surface area (Å²) in [4.78, 5) is 0. The quantitative estimate of drug-likeness (QED) is 0.751. The van der Waals surface area contributed by atoms with Crippen molar-refractivity contribution in [2.75, 3.05) is 13.7 Å². The highest BCUT2D eigenvalue weighted by Crippen LogP contribution is 2.18. The van der Waals surface area contributed by atoms with E-state index in [0.29, 0.717) is 6.04 Å². The van der Waals surface area contributed by atoms with Crippen LogP contribution in [0.25, 0.3) is 0 Å². The van der Waals surface area contributed by atoms with Gasteiger partial charge in [0.1, 0.15) is 5.75 Å². The van der Waals surface area contributed by atoms with Crippen LogP contribution in [-0.4, -0.2) is 29.5 Å². The van der Waals surface area contributed by atoms with Gasteiger partial charge in [0.25, 0.3) is 0 Å². The molecule has 4 heteroatoms. The third-order valence-electron chi connectivity index (χ3n) is 3.33. The molecular weight excluding hydrogens is 250 g/mol. The molecule has 0 amide bonds. The van der Waals surface area contributed by atoms with Crippen LogP contribution in [0.2, 0.25) is 0 Å². The van der Waals surface area contributed by atoms with E-state index in [1.807, 2.05) is 35.3 Å². The van der Waals surface area contributed by atoms with Crippen LogP contribution < -0.4 is 10.1 Å². The molecule has 108 valence electrons. The van der Waals surface area contributed by atoms with Crippen molar-refractivity contribution in [1.82, 2.24) is 15.1 Å². The van der Waals surface area contributed by atoms with Crippen LogP contribution in [0.3, 0.4) is 0 Å². The van der Waals surface area contributed by atoms with E-state index in [9.17, 15) is 0 Å². The molecule has 4 nitrogen and oxygen atoms in total. The standard InChI is InChI=1S/C16H23N3O/c1-14(13-15-7-3-4-8-16(15)20-2)17-9-5-11-19-12-6-10-18-19/h3-4,6-8,10,12,14,17H,5,9,11,13H2,1-2H3. The van der Waals surface area contributed by atoms with Gasteiger partial charge in [-0.1, -0.05) is 18.2 Å². The number of hydrogen-bond donors (Lipinski definition) is 1. The van der Waals surface area contributed by atoms with Crippen LogP contribution >= 0.6 is 0 Å². The van der Waals surface area contributed by atoms with Crippen LogP contribution in [0.1, 0.15) is 18.9 Å². The Bertz CT molecular complexity index is 496. The Labute approximate surface area is 120 Å². The van der Waals surface area contributed by atoms with Gasteiger partial charge in [-0.25, -0.2) is 0 Å². The molecule has 1 N–H and O–H groups in total. The number of benzene rings is 1. The third kappa shape index (κ3) is 4.38. The molecule has 0 radical (unpaired) electrons. The molecule has 2 aromatic rings. The summed E-state index contributed by atoms with van der Waals surface area (Å²) in [5, 5.41) is 7.74. The molecule has 0 aliphatic carbocycles. The smallest absolute Gasteiger partial charge is 0.122 e. The Hall–Kier alpha value is -1.81. The normalized spacial score (nSPS) is 12.3. The van der Waals surface area contributed by atoms with Crippen molar-refractivity contribution in [2.24, 2.45) is 0 Å². The lowest BCUT2D eigenvalue weighted by atomic mass is 10.1. The van der Waals surface area contributed by atoms with Gasteiger partial charge in [-0.2, -0.15) is 5.10 Å². The molecule has 2 rings (SSSR count). The molecule has 20 heavy (non-hydrogen) atoms. The monoisotopic (exact) mass is 273 g/mol. The molecule has 0 saturated carbocycles. The minimum Gasteiger partial charge on any atom is -0.496 e. The maximum Gasteiger partial charge on any atom is 0.122 e. The highest BCUT2D eigenvalue weighted by atomic mass is 16.5. The van der Waals surface area contributed by atoms with E-state index in [-0.39, 0.29) is 0 Å². The zero-order valence-corrected chi connectivity index (χ0v) is 12.2. The molecule has 1 heterocycles. The third-order valence-corrected chi connectivity index (χ3v) is 3.33. The lowest BCUT2D eigenvalue weighted by Crippen LogP contribution is -2.29. The maximum absolute atomic E-state index is 5.38. The van der Waals surface area contributed by atoms with Gasteiger partial charge in [0.15, 0.2) is 0 Å². The molecular formula is C16H23N3O. The van der Waals surface area contributed by atoms with Crippen molar-refractivity contribution in [3.8, 4) is 5.75 Å². The number of para-hydroxylation sites is 1. The minimum absolute atomic E-state index is 0.434. The molecule has 1 unspecified atom stereocenters. The summed E-state index contributed by atoms with van der Waals surface area (Å²) in [5.41, 5.74) is 1.25. The second kappa shape index (κ2) is 7.70. The van der Waals surface area contributed by atoms with Crippen LogP contribution in [0.5, 0.6) is 5.75 Å². The molecule has 0 bridgehead atoms.